The van der Waals surface area contributed by atoms with Gasteiger partial charge in [-0.05, 0) is 24.3 Å². The zero-order chi connectivity index (χ0) is 15.5. The minimum Gasteiger partial charge on any atom is -0.481 e. The number of para-hydroxylation sites is 1. The summed E-state index contributed by atoms with van der Waals surface area (Å²) in [4.78, 5) is 28.6. The summed E-state index contributed by atoms with van der Waals surface area (Å²) >= 11 is 0. The molecule has 3 rings (SSSR count). The van der Waals surface area contributed by atoms with Crippen LogP contribution in [-0.4, -0.2) is 28.5 Å². The Morgan fingerprint density at radius 1 is 1.23 bits per heavy atom. The first-order valence-electron chi connectivity index (χ1n) is 6.95. The van der Waals surface area contributed by atoms with Crippen LogP contribution in [0.25, 0.3) is 0 Å². The van der Waals surface area contributed by atoms with Gasteiger partial charge in [0, 0.05) is 18.7 Å². The van der Waals surface area contributed by atoms with Crippen molar-refractivity contribution in [1.82, 2.24) is 4.98 Å². The summed E-state index contributed by atoms with van der Waals surface area (Å²) in [6.07, 6.45) is 1.62. The van der Waals surface area contributed by atoms with E-state index in [4.69, 9.17) is 5.11 Å². The predicted molar refractivity (Wildman–Crippen MR) is 82.1 cm³/mol. The minimum atomic E-state index is -0.939. The van der Waals surface area contributed by atoms with Crippen molar-refractivity contribution < 1.29 is 14.7 Å². The van der Waals surface area contributed by atoms with Gasteiger partial charge >= 0.3 is 5.97 Å². The van der Waals surface area contributed by atoms with Crippen molar-refractivity contribution in [2.75, 3.05) is 16.8 Å². The summed E-state index contributed by atoms with van der Waals surface area (Å²) < 4.78 is 0. The Kier molecular flexibility index (Phi) is 3.74. The molecule has 0 bridgehead atoms. The summed E-state index contributed by atoms with van der Waals surface area (Å²) in [7, 11) is 0. The van der Waals surface area contributed by atoms with Crippen LogP contribution in [-0.2, 0) is 9.59 Å². The van der Waals surface area contributed by atoms with Gasteiger partial charge in [-0.15, -0.1) is 0 Å². The van der Waals surface area contributed by atoms with E-state index in [0.29, 0.717) is 11.5 Å². The van der Waals surface area contributed by atoms with Crippen LogP contribution < -0.4 is 10.2 Å². The maximum Gasteiger partial charge on any atom is 0.308 e. The van der Waals surface area contributed by atoms with Crippen molar-refractivity contribution in [3.8, 4) is 0 Å². The molecule has 6 nitrogen and oxygen atoms in total. The van der Waals surface area contributed by atoms with E-state index in [9.17, 15) is 9.59 Å². The van der Waals surface area contributed by atoms with E-state index in [2.05, 4.69) is 10.3 Å². The number of carbonyl (C=O) groups excluding carboxylic acids is 1. The molecule has 1 aliphatic rings. The summed E-state index contributed by atoms with van der Waals surface area (Å²) in [5, 5.41) is 12.2. The summed E-state index contributed by atoms with van der Waals surface area (Å²) in [6.45, 7) is 0.196. The molecule has 1 atom stereocenters. The number of nitrogens with zero attached hydrogens (tertiary/aromatic N) is 2. The topological polar surface area (TPSA) is 82.5 Å². The largest absolute Gasteiger partial charge is 0.481 e. The SMILES string of the molecule is O=C(O)C1CC(=O)N(c2ccc(Nc3ccccc3)nc2)C1. The number of aliphatic carboxylic acids is 1. The Hall–Kier alpha value is -2.89. The first kappa shape index (κ1) is 14.1. The lowest BCUT2D eigenvalue weighted by molar-refractivity contribution is -0.141. The molecule has 2 heterocycles. The van der Waals surface area contributed by atoms with Crippen LogP contribution in [0.1, 0.15) is 6.42 Å². The molecule has 1 aromatic carbocycles. The third-order valence-corrected chi connectivity index (χ3v) is 3.58. The Balaban J connectivity index is 1.72. The van der Waals surface area contributed by atoms with Gasteiger partial charge < -0.3 is 15.3 Å². The Bertz CT molecular complexity index is 686. The van der Waals surface area contributed by atoms with E-state index in [1.807, 2.05) is 30.3 Å². The third kappa shape index (κ3) is 2.90. The monoisotopic (exact) mass is 297 g/mol. The zero-order valence-electron chi connectivity index (χ0n) is 11.8. The lowest BCUT2D eigenvalue weighted by Crippen LogP contribution is -2.25. The molecule has 1 amide bonds. The minimum absolute atomic E-state index is 0.0410. The molecule has 0 spiro atoms. The molecule has 2 aromatic rings. The van der Waals surface area contributed by atoms with Crippen LogP contribution in [0.2, 0.25) is 0 Å². The molecule has 1 aromatic heterocycles. The van der Waals surface area contributed by atoms with Crippen LogP contribution in [0, 0.1) is 5.92 Å². The molecule has 0 aliphatic carbocycles. The second-order valence-corrected chi connectivity index (χ2v) is 5.14. The fraction of sp³-hybridized carbons (Fsp3) is 0.188. The van der Waals surface area contributed by atoms with Gasteiger partial charge in [-0.3, -0.25) is 9.59 Å². The number of carboxylic acid groups (broad SMARTS) is 1. The maximum atomic E-state index is 11.9. The summed E-state index contributed by atoms with van der Waals surface area (Å²) in [5.74, 6) is -1.10. The molecule has 1 fully saturated rings. The molecule has 112 valence electrons. The van der Waals surface area contributed by atoms with E-state index in [0.717, 1.165) is 5.69 Å². The quantitative estimate of drug-likeness (QED) is 0.904. The number of benzene rings is 1. The number of aromatic nitrogens is 1. The first-order valence-corrected chi connectivity index (χ1v) is 6.95. The lowest BCUT2D eigenvalue weighted by Gasteiger charge is -2.16. The van der Waals surface area contributed by atoms with Gasteiger partial charge in [0.05, 0.1) is 17.8 Å². The van der Waals surface area contributed by atoms with Crippen LogP contribution >= 0.6 is 0 Å². The average Bonchev–Trinajstić information content (AvgIpc) is 2.91. The van der Waals surface area contributed by atoms with E-state index in [-0.39, 0.29) is 18.9 Å². The predicted octanol–water partition coefficient (Wildman–Crippen LogP) is 2.26. The molecular weight excluding hydrogens is 282 g/mol. The molecule has 2 N–H and O–H groups in total. The number of amides is 1. The van der Waals surface area contributed by atoms with E-state index in [1.165, 1.54) is 4.90 Å². The number of pyridine rings is 1. The Morgan fingerprint density at radius 2 is 2.00 bits per heavy atom. The molecule has 1 unspecified atom stereocenters. The van der Waals surface area contributed by atoms with E-state index >= 15 is 0 Å². The Morgan fingerprint density at radius 3 is 2.59 bits per heavy atom. The average molecular weight is 297 g/mol. The molecule has 6 heteroatoms. The highest BCUT2D eigenvalue weighted by molar-refractivity contribution is 5.99. The molecule has 22 heavy (non-hydrogen) atoms. The smallest absolute Gasteiger partial charge is 0.308 e. The third-order valence-electron chi connectivity index (χ3n) is 3.58. The van der Waals surface area contributed by atoms with E-state index in [1.54, 1.807) is 18.3 Å². The standard InChI is InChI=1S/C16H15N3O3/c20-15-8-11(16(21)22)10-19(15)13-6-7-14(17-9-13)18-12-4-2-1-3-5-12/h1-7,9,11H,8,10H2,(H,17,18)(H,21,22). The van der Waals surface area contributed by atoms with Crippen LogP contribution in [0.15, 0.2) is 48.7 Å². The normalized spacial score (nSPS) is 17.5. The van der Waals surface area contributed by atoms with Crippen molar-refractivity contribution in [3.63, 3.8) is 0 Å². The van der Waals surface area contributed by atoms with Gasteiger partial charge in [0.1, 0.15) is 5.82 Å². The van der Waals surface area contributed by atoms with Crippen LogP contribution in [0.5, 0.6) is 0 Å². The molecule has 1 aliphatic heterocycles. The molecular formula is C16H15N3O3. The molecule has 1 saturated heterocycles. The fourth-order valence-corrected chi connectivity index (χ4v) is 2.41. The highest BCUT2D eigenvalue weighted by atomic mass is 16.4. The summed E-state index contributed by atoms with van der Waals surface area (Å²) in [6, 6.07) is 13.2. The number of carbonyl (C=O) groups is 2. The fourth-order valence-electron chi connectivity index (χ4n) is 2.41. The highest BCUT2D eigenvalue weighted by Gasteiger charge is 2.35. The number of hydrogen-bond donors (Lipinski definition) is 2. The van der Waals surface area contributed by atoms with Gasteiger partial charge in [-0.25, -0.2) is 4.98 Å². The first-order chi connectivity index (χ1) is 10.6. The van der Waals surface area contributed by atoms with Crippen molar-refractivity contribution in [2.45, 2.75) is 6.42 Å². The number of carboxylic acids is 1. The van der Waals surface area contributed by atoms with Crippen molar-refractivity contribution in [2.24, 2.45) is 5.92 Å². The molecule has 0 saturated carbocycles. The van der Waals surface area contributed by atoms with Crippen molar-refractivity contribution in [3.05, 3.63) is 48.7 Å². The van der Waals surface area contributed by atoms with Crippen LogP contribution in [0.4, 0.5) is 17.2 Å². The number of anilines is 3. The lowest BCUT2D eigenvalue weighted by atomic mass is 10.1. The van der Waals surface area contributed by atoms with Gasteiger partial charge in [-0.2, -0.15) is 0 Å². The highest BCUT2D eigenvalue weighted by Crippen LogP contribution is 2.25. The second-order valence-electron chi connectivity index (χ2n) is 5.14. The van der Waals surface area contributed by atoms with Crippen molar-refractivity contribution in [1.29, 1.82) is 0 Å². The number of rotatable bonds is 4. The van der Waals surface area contributed by atoms with Gasteiger partial charge in [0.25, 0.3) is 0 Å². The Labute approximate surface area is 127 Å². The zero-order valence-corrected chi connectivity index (χ0v) is 11.8. The molecule has 0 radical (unpaired) electrons. The van der Waals surface area contributed by atoms with Crippen LogP contribution in [0.3, 0.4) is 0 Å². The van der Waals surface area contributed by atoms with E-state index < -0.39 is 11.9 Å². The van der Waals surface area contributed by atoms with Crippen molar-refractivity contribution >= 4 is 29.1 Å². The maximum absolute atomic E-state index is 11.9. The van der Waals surface area contributed by atoms with Gasteiger partial charge in [0.15, 0.2) is 0 Å². The summed E-state index contributed by atoms with van der Waals surface area (Å²) in [5.41, 5.74) is 1.54. The van der Waals surface area contributed by atoms with Gasteiger partial charge in [-0.1, -0.05) is 18.2 Å². The second kappa shape index (κ2) is 5.85. The number of hydrogen-bond acceptors (Lipinski definition) is 4. The number of nitrogens with one attached hydrogen (secondary N) is 1. The van der Waals surface area contributed by atoms with Gasteiger partial charge in [0.2, 0.25) is 5.91 Å².